The van der Waals surface area contributed by atoms with Crippen LogP contribution in [-0.2, 0) is 10.0 Å². The number of ether oxygens (including phenoxy) is 1. The molecule has 2 aromatic rings. The van der Waals surface area contributed by atoms with Crippen molar-refractivity contribution in [2.45, 2.75) is 30.9 Å². The molecule has 0 unspecified atom stereocenters. The molecular formula is C23H27FN2O4S. The van der Waals surface area contributed by atoms with Gasteiger partial charge in [-0.15, -0.1) is 0 Å². The lowest BCUT2D eigenvalue weighted by molar-refractivity contribution is 0.103. The Bertz CT molecular complexity index is 1090. The largest absolute Gasteiger partial charge is 0.487 e. The molecule has 0 amide bonds. The molecule has 0 bridgehead atoms. The number of likely N-dealkylation sites (N-methyl/N-ethyl adjacent to an activating group) is 1. The summed E-state index contributed by atoms with van der Waals surface area (Å²) in [7, 11) is -2.08. The average Bonchev–Trinajstić information content (AvgIpc) is 2.74. The highest BCUT2D eigenvalue weighted by atomic mass is 32.2. The summed E-state index contributed by atoms with van der Waals surface area (Å²) in [5.74, 6) is 5.55. The highest BCUT2D eigenvalue weighted by Gasteiger charge is 2.37. The van der Waals surface area contributed by atoms with E-state index in [0.29, 0.717) is 17.7 Å². The van der Waals surface area contributed by atoms with E-state index in [1.54, 1.807) is 31.2 Å². The number of halogens is 1. The fraction of sp³-hybridized carbons (Fsp3) is 0.391. The van der Waals surface area contributed by atoms with Gasteiger partial charge in [-0.2, -0.15) is 4.31 Å². The van der Waals surface area contributed by atoms with Gasteiger partial charge in [0.25, 0.3) is 0 Å². The smallest absolute Gasteiger partial charge is 0.247 e. The number of rotatable bonds is 4. The molecule has 1 heterocycles. The van der Waals surface area contributed by atoms with Crippen LogP contribution in [0.15, 0.2) is 47.4 Å². The van der Waals surface area contributed by atoms with Crippen LogP contribution >= 0.6 is 0 Å². The fourth-order valence-electron chi connectivity index (χ4n) is 3.46. The molecule has 166 valence electrons. The van der Waals surface area contributed by atoms with Crippen LogP contribution in [0.5, 0.6) is 5.75 Å². The quantitative estimate of drug-likeness (QED) is 0.704. The van der Waals surface area contributed by atoms with Crippen LogP contribution in [0.25, 0.3) is 0 Å². The number of sulfonamides is 1. The molecule has 8 heteroatoms. The Kier molecular flexibility index (Phi) is 7.34. The fourth-order valence-corrected chi connectivity index (χ4v) is 5.28. The van der Waals surface area contributed by atoms with Crippen LogP contribution in [0.2, 0.25) is 0 Å². The molecule has 0 saturated carbocycles. The van der Waals surface area contributed by atoms with Crippen molar-refractivity contribution in [2.24, 2.45) is 5.92 Å². The van der Waals surface area contributed by atoms with Crippen molar-refractivity contribution in [3.63, 3.8) is 0 Å². The molecule has 1 aliphatic rings. The van der Waals surface area contributed by atoms with Crippen LogP contribution in [0.4, 0.5) is 4.39 Å². The van der Waals surface area contributed by atoms with Crippen LogP contribution < -0.4 is 10.1 Å². The summed E-state index contributed by atoms with van der Waals surface area (Å²) >= 11 is 0. The first kappa shape index (κ1) is 23.2. The lowest BCUT2D eigenvalue weighted by atomic mass is 10.0. The van der Waals surface area contributed by atoms with Gasteiger partial charge in [0.15, 0.2) is 0 Å². The molecule has 0 saturated heterocycles. The number of hydrogen-bond acceptors (Lipinski definition) is 5. The van der Waals surface area contributed by atoms with E-state index >= 15 is 0 Å². The summed E-state index contributed by atoms with van der Waals surface area (Å²) < 4.78 is 47.6. The second-order valence-electron chi connectivity index (χ2n) is 7.72. The van der Waals surface area contributed by atoms with Crippen molar-refractivity contribution in [2.75, 3.05) is 26.7 Å². The Labute approximate surface area is 183 Å². The van der Waals surface area contributed by atoms with Crippen LogP contribution in [-0.4, -0.2) is 56.7 Å². The van der Waals surface area contributed by atoms with Crippen molar-refractivity contribution < 1.29 is 22.7 Å². The lowest BCUT2D eigenvalue weighted by Gasteiger charge is -2.36. The normalized spacial score (nSPS) is 21.6. The second-order valence-corrected chi connectivity index (χ2v) is 9.58. The lowest BCUT2D eigenvalue weighted by Crippen LogP contribution is -2.49. The standard InChI is InChI=1S/C23H27FN2O4S/c1-16-14-26(17(2)15-27)31(28,29)23-10-9-19(12-21(23)30-22(16)13-25-3)8-7-18-5-4-6-20(24)11-18/h4-6,9-12,16-17,22,25,27H,13-15H2,1-3H3/t16-,17+,22-/m1/s1. The first-order valence-corrected chi connectivity index (χ1v) is 11.6. The minimum absolute atomic E-state index is 0.0390. The van der Waals surface area contributed by atoms with E-state index in [1.807, 2.05) is 14.0 Å². The summed E-state index contributed by atoms with van der Waals surface area (Å²) in [5.41, 5.74) is 1.07. The molecule has 2 N–H and O–H groups in total. The van der Waals surface area contributed by atoms with E-state index in [9.17, 15) is 17.9 Å². The predicted octanol–water partition coefficient (Wildman–Crippen LogP) is 2.21. The zero-order chi connectivity index (χ0) is 22.6. The predicted molar refractivity (Wildman–Crippen MR) is 117 cm³/mol. The molecule has 0 radical (unpaired) electrons. The third kappa shape index (κ3) is 5.25. The third-order valence-corrected chi connectivity index (χ3v) is 7.27. The zero-order valence-electron chi connectivity index (χ0n) is 17.8. The molecule has 0 spiro atoms. The van der Waals surface area contributed by atoms with Gasteiger partial charge in [0.05, 0.1) is 6.61 Å². The Hall–Kier alpha value is -2.44. The monoisotopic (exact) mass is 446 g/mol. The first-order valence-electron chi connectivity index (χ1n) is 10.1. The van der Waals surface area contributed by atoms with Gasteiger partial charge in [0, 0.05) is 36.2 Å². The molecule has 3 atom stereocenters. The number of nitrogens with zero attached hydrogens (tertiary/aromatic N) is 1. The highest BCUT2D eigenvalue weighted by Crippen LogP contribution is 2.33. The summed E-state index contributed by atoms with van der Waals surface area (Å²) in [6, 6.07) is 10.1. The minimum atomic E-state index is -3.88. The van der Waals surface area contributed by atoms with Crippen molar-refractivity contribution in [1.82, 2.24) is 9.62 Å². The number of fused-ring (bicyclic) bond motifs is 1. The van der Waals surface area contributed by atoms with Gasteiger partial charge in [0.2, 0.25) is 10.0 Å². The highest BCUT2D eigenvalue weighted by molar-refractivity contribution is 7.89. The van der Waals surface area contributed by atoms with E-state index < -0.39 is 16.1 Å². The molecule has 0 aromatic heterocycles. The van der Waals surface area contributed by atoms with Gasteiger partial charge in [-0.25, -0.2) is 12.8 Å². The number of hydrogen-bond donors (Lipinski definition) is 2. The maximum atomic E-state index is 13.4. The Morgan fingerprint density at radius 3 is 2.61 bits per heavy atom. The maximum Gasteiger partial charge on any atom is 0.247 e. The van der Waals surface area contributed by atoms with Crippen LogP contribution in [0.1, 0.15) is 25.0 Å². The van der Waals surface area contributed by atoms with E-state index in [1.165, 1.54) is 22.5 Å². The van der Waals surface area contributed by atoms with Crippen molar-refractivity contribution in [3.8, 4) is 17.6 Å². The zero-order valence-corrected chi connectivity index (χ0v) is 18.6. The molecule has 31 heavy (non-hydrogen) atoms. The molecule has 3 rings (SSSR count). The number of aliphatic hydroxyl groups is 1. The average molecular weight is 447 g/mol. The molecule has 0 aliphatic carbocycles. The van der Waals surface area contributed by atoms with Crippen molar-refractivity contribution in [1.29, 1.82) is 0 Å². The maximum absolute atomic E-state index is 13.4. The van der Waals surface area contributed by atoms with Gasteiger partial charge >= 0.3 is 0 Å². The third-order valence-electron chi connectivity index (χ3n) is 5.25. The van der Waals surface area contributed by atoms with E-state index in [2.05, 4.69) is 17.2 Å². The summed E-state index contributed by atoms with van der Waals surface area (Å²) in [6.45, 7) is 4.08. The van der Waals surface area contributed by atoms with Crippen molar-refractivity contribution in [3.05, 3.63) is 59.4 Å². The number of benzene rings is 2. The Morgan fingerprint density at radius 1 is 1.26 bits per heavy atom. The van der Waals surface area contributed by atoms with Gasteiger partial charge in [-0.3, -0.25) is 0 Å². The van der Waals surface area contributed by atoms with E-state index in [0.717, 1.165) is 0 Å². The van der Waals surface area contributed by atoms with Gasteiger partial charge in [-0.05, 0) is 50.4 Å². The van der Waals surface area contributed by atoms with Gasteiger partial charge < -0.3 is 15.2 Å². The summed E-state index contributed by atoms with van der Waals surface area (Å²) in [6.07, 6.45) is -0.279. The molecule has 0 fully saturated rings. The molecule has 6 nitrogen and oxygen atoms in total. The molecule has 2 aromatic carbocycles. The van der Waals surface area contributed by atoms with E-state index in [-0.39, 0.29) is 41.6 Å². The second kappa shape index (κ2) is 9.79. The first-order chi connectivity index (χ1) is 14.8. The van der Waals surface area contributed by atoms with Gasteiger partial charge in [-0.1, -0.05) is 24.8 Å². The van der Waals surface area contributed by atoms with Crippen molar-refractivity contribution >= 4 is 10.0 Å². The Morgan fingerprint density at radius 2 is 1.97 bits per heavy atom. The number of aliphatic hydroxyl groups excluding tert-OH is 1. The van der Waals surface area contributed by atoms with E-state index in [4.69, 9.17) is 4.74 Å². The molecular weight excluding hydrogens is 419 g/mol. The van der Waals surface area contributed by atoms with Crippen LogP contribution in [0.3, 0.4) is 0 Å². The Balaban J connectivity index is 2.07. The van der Waals surface area contributed by atoms with Gasteiger partial charge in [0.1, 0.15) is 22.6 Å². The van der Waals surface area contributed by atoms with Crippen LogP contribution in [0, 0.1) is 23.6 Å². The topological polar surface area (TPSA) is 78.9 Å². The summed E-state index contributed by atoms with van der Waals surface area (Å²) in [4.78, 5) is 0.0390. The SMILES string of the molecule is CNC[C@H]1Oc2cc(C#Cc3cccc(F)c3)ccc2S(=O)(=O)N([C@@H](C)CO)C[C@H]1C. The number of nitrogens with one attached hydrogen (secondary N) is 1. The molecule has 1 aliphatic heterocycles. The summed E-state index contributed by atoms with van der Waals surface area (Å²) in [5, 5.41) is 12.7. The minimum Gasteiger partial charge on any atom is -0.487 e.